The number of likely N-dealkylation sites (tertiary alicyclic amines) is 2. The molecule has 8 heteroatoms. The van der Waals surface area contributed by atoms with Gasteiger partial charge >= 0.3 is 0 Å². The normalized spacial score (nSPS) is 17.3. The van der Waals surface area contributed by atoms with Gasteiger partial charge in [-0.2, -0.15) is 0 Å². The zero-order valence-corrected chi connectivity index (χ0v) is 23.4. The van der Waals surface area contributed by atoms with E-state index in [0.29, 0.717) is 0 Å². The molecule has 2 rings (SSSR count). The first kappa shape index (κ1) is 27.4. The molecule has 0 unspecified atom stereocenters. The van der Waals surface area contributed by atoms with Crippen molar-refractivity contribution in [3.63, 3.8) is 0 Å². The van der Waals surface area contributed by atoms with E-state index in [-0.39, 0.29) is 0 Å². The van der Waals surface area contributed by atoms with Crippen molar-refractivity contribution in [2.45, 2.75) is 89.9 Å². The monoisotopic (exact) mass is 524 g/mol. The van der Waals surface area contributed by atoms with Crippen LogP contribution in [-0.2, 0) is 0 Å². The van der Waals surface area contributed by atoms with Crippen LogP contribution in [0, 0.1) is 0 Å². The van der Waals surface area contributed by atoms with Crippen LogP contribution in [0.5, 0.6) is 0 Å². The maximum Gasteiger partial charge on any atom is 0.147 e. The van der Waals surface area contributed by atoms with Gasteiger partial charge in [0.15, 0.2) is 0 Å². The first-order chi connectivity index (χ1) is 14.8. The van der Waals surface area contributed by atoms with Gasteiger partial charge in [-0.15, -0.1) is 0 Å². The third-order valence-corrected chi connectivity index (χ3v) is 11.9. The van der Waals surface area contributed by atoms with E-state index in [1.54, 1.807) is 0 Å². The molecule has 0 bridgehead atoms. The van der Waals surface area contributed by atoms with Crippen molar-refractivity contribution in [1.29, 1.82) is 0 Å². The first-order valence-corrected chi connectivity index (χ1v) is 17.4. The zero-order chi connectivity index (χ0) is 21.3. The molecule has 0 aromatic heterocycles. The van der Waals surface area contributed by atoms with Crippen molar-refractivity contribution in [3.8, 4) is 0 Å². The van der Waals surface area contributed by atoms with E-state index in [9.17, 15) is 0 Å². The van der Waals surface area contributed by atoms with Gasteiger partial charge in [-0.25, -0.2) is 0 Å². The number of rotatable bonds is 13. The van der Waals surface area contributed by atoms with Crippen LogP contribution in [0.25, 0.3) is 0 Å². The molecule has 30 heavy (non-hydrogen) atoms. The topological polar surface area (TPSA) is 6.48 Å². The lowest BCUT2D eigenvalue weighted by atomic mass is 10.1. The highest BCUT2D eigenvalue weighted by atomic mass is 33.1. The fourth-order valence-electron chi connectivity index (χ4n) is 3.83. The van der Waals surface area contributed by atoms with Crippen molar-refractivity contribution >= 4 is 76.3 Å². The molecule has 0 radical (unpaired) electrons. The van der Waals surface area contributed by atoms with Gasteiger partial charge in [0.2, 0.25) is 0 Å². The Hall–Kier alpha value is 1.18. The average molecular weight is 525 g/mol. The second-order valence-electron chi connectivity index (χ2n) is 8.27. The van der Waals surface area contributed by atoms with E-state index in [1.165, 1.54) is 128 Å². The van der Waals surface area contributed by atoms with E-state index in [4.69, 9.17) is 24.4 Å². The molecule has 0 aromatic carbocycles. The Kier molecular flexibility index (Phi) is 17.0. The second kappa shape index (κ2) is 18.6. The lowest BCUT2D eigenvalue weighted by molar-refractivity contribution is 0.352. The molecule has 0 N–H and O–H groups in total. The number of hydrogen-bond donors (Lipinski definition) is 0. The third kappa shape index (κ3) is 13.0. The summed E-state index contributed by atoms with van der Waals surface area (Å²) in [4.78, 5) is 4.80. The average Bonchev–Trinajstić information content (AvgIpc) is 2.80. The number of unbranched alkanes of at least 4 members (excludes halogenated alkanes) is 7. The van der Waals surface area contributed by atoms with Gasteiger partial charge in [0, 0.05) is 37.7 Å². The molecule has 0 spiro atoms. The Labute approximate surface area is 212 Å². The molecule has 174 valence electrons. The smallest absolute Gasteiger partial charge is 0.147 e. The molecule has 2 saturated heterocycles. The van der Waals surface area contributed by atoms with E-state index in [1.807, 2.05) is 43.2 Å². The van der Waals surface area contributed by atoms with Crippen LogP contribution in [0.15, 0.2) is 0 Å². The Morgan fingerprint density at radius 1 is 0.500 bits per heavy atom. The van der Waals surface area contributed by atoms with Gasteiger partial charge in [0.05, 0.1) is 0 Å². The maximum absolute atomic E-state index is 5.56. The van der Waals surface area contributed by atoms with Crippen molar-refractivity contribution in [2.24, 2.45) is 0 Å². The number of piperidine rings is 2. The minimum atomic E-state index is 1.12. The molecule has 0 aromatic rings. The summed E-state index contributed by atoms with van der Waals surface area (Å²) in [5, 5.41) is 0. The van der Waals surface area contributed by atoms with Crippen LogP contribution in [-0.4, -0.2) is 56.1 Å². The molecular weight excluding hydrogens is 485 g/mol. The van der Waals surface area contributed by atoms with Crippen molar-refractivity contribution < 1.29 is 0 Å². The van der Waals surface area contributed by atoms with Gasteiger partial charge in [-0.1, -0.05) is 84.5 Å². The maximum atomic E-state index is 5.56. The van der Waals surface area contributed by atoms with Gasteiger partial charge < -0.3 is 9.80 Å². The summed E-state index contributed by atoms with van der Waals surface area (Å²) >= 11 is 11.1. The summed E-state index contributed by atoms with van der Waals surface area (Å²) in [5.41, 5.74) is 0. The summed E-state index contributed by atoms with van der Waals surface area (Å²) in [6.45, 7) is 4.71. The molecule has 2 nitrogen and oxygen atoms in total. The SMILES string of the molecule is S=C(SSCCCCCCCCCCSSC(=S)N1CCCCC1)N1CCCCC1. The predicted octanol–water partition coefficient (Wildman–Crippen LogP) is 8.41. The van der Waals surface area contributed by atoms with E-state index < -0.39 is 0 Å². The summed E-state index contributed by atoms with van der Waals surface area (Å²) in [5.74, 6) is 2.49. The fourth-order valence-corrected chi connectivity index (χ4v) is 9.09. The summed E-state index contributed by atoms with van der Waals surface area (Å²) in [7, 11) is 7.59. The minimum Gasteiger partial charge on any atom is -0.357 e. The Bertz CT molecular complexity index is 423. The predicted molar refractivity (Wildman–Crippen MR) is 153 cm³/mol. The molecular formula is C22H40N2S6. The number of thiocarbonyl (C=S) groups is 2. The van der Waals surface area contributed by atoms with Crippen molar-refractivity contribution in [2.75, 3.05) is 37.7 Å². The number of hydrogen-bond acceptors (Lipinski definition) is 6. The van der Waals surface area contributed by atoms with Crippen LogP contribution >= 0.6 is 67.6 Å². The number of nitrogens with zero attached hydrogens (tertiary/aromatic N) is 2. The van der Waals surface area contributed by atoms with Crippen LogP contribution in [0.1, 0.15) is 89.9 Å². The summed E-state index contributed by atoms with van der Waals surface area (Å²) in [6.07, 6.45) is 19.1. The molecule has 0 aliphatic carbocycles. The Balaban J connectivity index is 1.27. The third-order valence-electron chi connectivity index (χ3n) is 5.69. The van der Waals surface area contributed by atoms with Gasteiger partial charge in [0.25, 0.3) is 0 Å². The molecule has 0 atom stereocenters. The van der Waals surface area contributed by atoms with Gasteiger partial charge in [-0.05, 0) is 73.0 Å². The largest absolute Gasteiger partial charge is 0.357 e. The molecule has 2 aliphatic heterocycles. The first-order valence-electron chi connectivity index (χ1n) is 11.9. The summed E-state index contributed by atoms with van der Waals surface area (Å²) in [6, 6.07) is 0. The lowest BCUT2D eigenvalue weighted by Gasteiger charge is -2.28. The van der Waals surface area contributed by atoms with Crippen molar-refractivity contribution in [1.82, 2.24) is 9.80 Å². The molecule has 2 heterocycles. The fraction of sp³-hybridized carbons (Fsp3) is 0.909. The molecule has 0 saturated carbocycles. The van der Waals surface area contributed by atoms with Crippen LogP contribution in [0.2, 0.25) is 0 Å². The Morgan fingerprint density at radius 3 is 1.20 bits per heavy atom. The van der Waals surface area contributed by atoms with Crippen LogP contribution < -0.4 is 0 Å². The van der Waals surface area contributed by atoms with Crippen molar-refractivity contribution in [3.05, 3.63) is 0 Å². The Morgan fingerprint density at radius 2 is 0.833 bits per heavy atom. The summed E-state index contributed by atoms with van der Waals surface area (Å²) < 4.78 is 2.23. The molecule has 2 aliphatic rings. The van der Waals surface area contributed by atoms with Crippen LogP contribution in [0.3, 0.4) is 0 Å². The highest BCUT2D eigenvalue weighted by Crippen LogP contribution is 2.29. The van der Waals surface area contributed by atoms with E-state index in [2.05, 4.69) is 9.80 Å². The quantitative estimate of drug-likeness (QED) is 0.133. The van der Waals surface area contributed by atoms with Crippen LogP contribution in [0.4, 0.5) is 0 Å². The van der Waals surface area contributed by atoms with E-state index >= 15 is 0 Å². The van der Waals surface area contributed by atoms with E-state index in [0.717, 1.165) is 8.64 Å². The molecule has 0 amide bonds. The van der Waals surface area contributed by atoms with Gasteiger partial charge in [-0.3, -0.25) is 0 Å². The van der Waals surface area contributed by atoms with Gasteiger partial charge in [0.1, 0.15) is 8.64 Å². The zero-order valence-electron chi connectivity index (χ0n) is 18.5. The highest BCUT2D eigenvalue weighted by Gasteiger charge is 2.14. The lowest BCUT2D eigenvalue weighted by Crippen LogP contribution is -2.32. The second-order valence-corrected chi connectivity index (χ2v) is 14.4. The molecule has 2 fully saturated rings. The highest BCUT2D eigenvalue weighted by molar-refractivity contribution is 8.84. The standard InChI is InChI=1S/C22H40N2S6/c25-21(23-15-9-7-10-16-23)29-27-19-13-5-3-1-2-4-6-14-20-28-30-22(26)24-17-11-8-12-18-24/h1-20H2. The minimum absolute atomic E-state index is 1.12.